The molecule has 3 N–H and O–H groups in total. The van der Waals surface area contributed by atoms with Crippen LogP contribution in [0.25, 0.3) is 10.9 Å². The number of benzene rings is 3. The lowest BCUT2D eigenvalue weighted by molar-refractivity contribution is -0.128. The Morgan fingerprint density at radius 1 is 1.00 bits per heavy atom. The van der Waals surface area contributed by atoms with Crippen LogP contribution in [0.15, 0.2) is 85.5 Å². The van der Waals surface area contributed by atoms with Crippen molar-refractivity contribution in [1.82, 2.24) is 10.3 Å². The number of esters is 1. The standard InChI is InChI=1S/C27H20ClN3O5/c1-2-24(33)36-23-14-17-7-3-4-9-22(17)30-25(23)31-27(35)20-11-10-18(13-21(20)28)26(34)29-15-16-6-5-8-19(32)12-16/h2-14,32H,1,15H2,(H,29,34)(H,30,31,35). The van der Waals surface area contributed by atoms with E-state index in [1.54, 1.807) is 42.5 Å². The minimum atomic E-state index is -0.707. The molecule has 1 aromatic heterocycles. The van der Waals surface area contributed by atoms with Crippen LogP contribution in [-0.2, 0) is 11.3 Å². The monoisotopic (exact) mass is 501 g/mol. The van der Waals surface area contributed by atoms with Gasteiger partial charge in [0.1, 0.15) is 5.75 Å². The molecule has 0 aliphatic carbocycles. The summed E-state index contributed by atoms with van der Waals surface area (Å²) in [5.41, 5.74) is 1.65. The number of phenols is 1. The first-order valence-electron chi connectivity index (χ1n) is 10.7. The third-order valence-electron chi connectivity index (χ3n) is 5.14. The number of rotatable bonds is 7. The van der Waals surface area contributed by atoms with Gasteiger partial charge in [-0.25, -0.2) is 9.78 Å². The van der Waals surface area contributed by atoms with Crippen molar-refractivity contribution >= 4 is 46.1 Å². The van der Waals surface area contributed by atoms with E-state index in [1.165, 1.54) is 24.3 Å². The van der Waals surface area contributed by atoms with Gasteiger partial charge in [0.05, 0.1) is 16.1 Å². The Balaban J connectivity index is 1.52. The Morgan fingerprint density at radius 2 is 1.81 bits per heavy atom. The normalized spacial score (nSPS) is 10.5. The van der Waals surface area contributed by atoms with E-state index in [2.05, 4.69) is 22.2 Å². The van der Waals surface area contributed by atoms with Crippen LogP contribution in [0.4, 0.5) is 5.82 Å². The number of amides is 2. The molecule has 0 saturated carbocycles. The van der Waals surface area contributed by atoms with Crippen molar-refractivity contribution in [1.29, 1.82) is 0 Å². The molecule has 4 aromatic rings. The molecule has 180 valence electrons. The largest absolute Gasteiger partial charge is 0.508 e. The van der Waals surface area contributed by atoms with E-state index in [9.17, 15) is 19.5 Å². The summed E-state index contributed by atoms with van der Waals surface area (Å²) >= 11 is 6.32. The number of para-hydroxylation sites is 1. The van der Waals surface area contributed by atoms with Crippen LogP contribution in [0.2, 0.25) is 5.02 Å². The molecule has 4 rings (SSSR count). The fourth-order valence-corrected chi connectivity index (χ4v) is 3.65. The van der Waals surface area contributed by atoms with Gasteiger partial charge in [0.25, 0.3) is 11.8 Å². The summed E-state index contributed by atoms with van der Waals surface area (Å²) in [6.45, 7) is 3.58. The van der Waals surface area contributed by atoms with Gasteiger partial charge in [-0.2, -0.15) is 0 Å². The van der Waals surface area contributed by atoms with Crippen LogP contribution in [0.5, 0.6) is 11.5 Å². The second-order valence-corrected chi connectivity index (χ2v) is 8.06. The lowest BCUT2D eigenvalue weighted by Crippen LogP contribution is -2.23. The number of hydrogen-bond donors (Lipinski definition) is 3. The number of nitrogens with one attached hydrogen (secondary N) is 2. The van der Waals surface area contributed by atoms with Gasteiger partial charge in [0, 0.05) is 23.6 Å². The van der Waals surface area contributed by atoms with Crippen LogP contribution in [0.3, 0.4) is 0 Å². The Bertz CT molecular complexity index is 1500. The number of carbonyl (C=O) groups excluding carboxylic acids is 3. The van der Waals surface area contributed by atoms with E-state index in [1.807, 2.05) is 6.07 Å². The molecule has 0 spiro atoms. The van der Waals surface area contributed by atoms with Crippen molar-refractivity contribution in [3.05, 3.63) is 107 Å². The first-order chi connectivity index (χ1) is 17.3. The van der Waals surface area contributed by atoms with Crippen molar-refractivity contribution in [3.63, 3.8) is 0 Å². The smallest absolute Gasteiger partial charge is 0.335 e. The highest BCUT2D eigenvalue weighted by molar-refractivity contribution is 6.34. The third kappa shape index (κ3) is 5.68. The van der Waals surface area contributed by atoms with Crippen molar-refractivity contribution in [2.24, 2.45) is 0 Å². The number of ether oxygens (including phenoxy) is 1. The molecule has 0 bridgehead atoms. The molecular formula is C27H20ClN3O5. The molecular weight excluding hydrogens is 482 g/mol. The lowest BCUT2D eigenvalue weighted by Gasteiger charge is -2.12. The number of aromatic hydroxyl groups is 1. The fraction of sp³-hybridized carbons (Fsp3) is 0.0370. The molecule has 3 aromatic carbocycles. The molecule has 36 heavy (non-hydrogen) atoms. The number of pyridine rings is 1. The number of aromatic nitrogens is 1. The molecule has 0 aliphatic heterocycles. The van der Waals surface area contributed by atoms with Crippen LogP contribution < -0.4 is 15.4 Å². The summed E-state index contributed by atoms with van der Waals surface area (Å²) < 4.78 is 5.26. The molecule has 0 atom stereocenters. The van der Waals surface area contributed by atoms with E-state index in [0.29, 0.717) is 10.9 Å². The predicted molar refractivity (Wildman–Crippen MR) is 136 cm³/mol. The zero-order chi connectivity index (χ0) is 25.7. The number of carbonyl (C=O) groups is 3. The lowest BCUT2D eigenvalue weighted by atomic mass is 10.1. The zero-order valence-electron chi connectivity index (χ0n) is 18.8. The third-order valence-corrected chi connectivity index (χ3v) is 5.45. The Hall–Kier alpha value is -4.69. The van der Waals surface area contributed by atoms with Crippen LogP contribution in [0.1, 0.15) is 26.3 Å². The molecule has 0 aliphatic rings. The summed E-state index contributed by atoms with van der Waals surface area (Å²) in [6, 6.07) is 19.5. The molecule has 0 radical (unpaired) electrons. The number of phenolic OH excluding ortho intramolecular Hbond substituents is 1. The fourth-order valence-electron chi connectivity index (χ4n) is 3.38. The second-order valence-electron chi connectivity index (χ2n) is 7.65. The van der Waals surface area contributed by atoms with Crippen LogP contribution in [-0.4, -0.2) is 27.9 Å². The van der Waals surface area contributed by atoms with Crippen molar-refractivity contribution in [3.8, 4) is 11.5 Å². The number of anilines is 1. The summed E-state index contributed by atoms with van der Waals surface area (Å²) in [5.74, 6) is -1.54. The summed E-state index contributed by atoms with van der Waals surface area (Å²) in [7, 11) is 0. The minimum absolute atomic E-state index is 0.0258. The maximum atomic E-state index is 13.0. The van der Waals surface area contributed by atoms with Crippen molar-refractivity contribution in [2.45, 2.75) is 6.54 Å². The number of halogens is 1. The van der Waals surface area contributed by atoms with Crippen molar-refractivity contribution in [2.75, 3.05) is 5.32 Å². The van der Waals surface area contributed by atoms with Gasteiger partial charge in [-0.3, -0.25) is 9.59 Å². The van der Waals surface area contributed by atoms with Gasteiger partial charge in [0.2, 0.25) is 0 Å². The number of nitrogens with zero attached hydrogens (tertiary/aromatic N) is 1. The highest BCUT2D eigenvalue weighted by atomic mass is 35.5. The number of fused-ring (bicyclic) bond motifs is 1. The quantitative estimate of drug-likeness (QED) is 0.246. The average molecular weight is 502 g/mol. The molecule has 1 heterocycles. The Kier molecular flexibility index (Phi) is 7.27. The second kappa shape index (κ2) is 10.7. The van der Waals surface area contributed by atoms with E-state index in [4.69, 9.17) is 16.3 Å². The highest BCUT2D eigenvalue weighted by Crippen LogP contribution is 2.29. The number of hydrogen-bond acceptors (Lipinski definition) is 6. The minimum Gasteiger partial charge on any atom is -0.508 e. The zero-order valence-corrected chi connectivity index (χ0v) is 19.6. The van der Waals surface area contributed by atoms with Gasteiger partial charge in [-0.05, 0) is 48.0 Å². The molecule has 0 unspecified atom stereocenters. The first-order valence-corrected chi connectivity index (χ1v) is 11.1. The summed E-state index contributed by atoms with van der Waals surface area (Å²) in [6.07, 6.45) is 1.00. The van der Waals surface area contributed by atoms with E-state index < -0.39 is 17.8 Å². The summed E-state index contributed by atoms with van der Waals surface area (Å²) in [4.78, 5) is 41.7. The highest BCUT2D eigenvalue weighted by Gasteiger charge is 2.18. The maximum absolute atomic E-state index is 13.0. The summed E-state index contributed by atoms with van der Waals surface area (Å²) in [5, 5.41) is 15.6. The van der Waals surface area contributed by atoms with E-state index in [0.717, 1.165) is 11.6 Å². The molecule has 9 heteroatoms. The van der Waals surface area contributed by atoms with Crippen LogP contribution in [0, 0.1) is 0 Å². The average Bonchev–Trinajstić information content (AvgIpc) is 2.87. The SMILES string of the molecule is C=CC(=O)Oc1cc2ccccc2nc1NC(=O)c1ccc(C(=O)NCc2cccc(O)c2)cc1Cl. The van der Waals surface area contributed by atoms with Gasteiger partial charge in [-0.1, -0.05) is 48.5 Å². The Labute approximate surface area is 211 Å². The molecule has 0 saturated heterocycles. The molecule has 2 amide bonds. The van der Waals surface area contributed by atoms with Crippen LogP contribution >= 0.6 is 11.6 Å². The van der Waals surface area contributed by atoms with Crippen molar-refractivity contribution < 1.29 is 24.2 Å². The van der Waals surface area contributed by atoms with Gasteiger partial charge >= 0.3 is 5.97 Å². The Morgan fingerprint density at radius 3 is 2.56 bits per heavy atom. The first kappa shape index (κ1) is 24.4. The predicted octanol–water partition coefficient (Wildman–Crippen LogP) is 4.87. The molecule has 0 fully saturated rings. The van der Waals surface area contributed by atoms with Gasteiger partial charge < -0.3 is 20.5 Å². The van der Waals surface area contributed by atoms with Gasteiger partial charge in [-0.15, -0.1) is 0 Å². The molecule has 8 nitrogen and oxygen atoms in total. The topological polar surface area (TPSA) is 118 Å². The van der Waals surface area contributed by atoms with E-state index in [-0.39, 0.29) is 40.0 Å². The van der Waals surface area contributed by atoms with Gasteiger partial charge in [0.15, 0.2) is 11.6 Å². The van der Waals surface area contributed by atoms with E-state index >= 15 is 0 Å². The maximum Gasteiger partial charge on any atom is 0.335 e.